The number of sulfonamides is 1. The predicted octanol–water partition coefficient (Wildman–Crippen LogP) is 2.90. The molecule has 2 aliphatic heterocycles. The van der Waals surface area contributed by atoms with Crippen molar-refractivity contribution in [3.8, 4) is 0 Å². The van der Waals surface area contributed by atoms with E-state index in [1.54, 1.807) is 28.6 Å². The molecule has 2 aliphatic rings. The van der Waals surface area contributed by atoms with Crippen LogP contribution in [-0.2, 0) is 10.0 Å². The molecule has 0 radical (unpaired) electrons. The molecule has 1 aromatic rings. The molecule has 3 rings (SSSR count). The number of anilines is 1. The minimum absolute atomic E-state index is 0.354. The first-order chi connectivity index (χ1) is 11.5. The Morgan fingerprint density at radius 1 is 1.12 bits per heavy atom. The van der Waals surface area contributed by atoms with Crippen LogP contribution in [-0.4, -0.2) is 48.9 Å². The average molecular weight is 368 g/mol. The standard InChI is InChI=1S/C17H25N3O2S2/c1-14-5-4-10-19(13-14)17(23)18-15-6-8-16(9-7-15)24(21,22)20-11-2-3-12-20/h6-9,14H,2-5,10-13H2,1H3,(H,18,23)/t14-/m0/s1. The van der Waals surface area contributed by atoms with Gasteiger partial charge in [-0.3, -0.25) is 0 Å². The second-order valence-corrected chi connectivity index (χ2v) is 9.08. The zero-order chi connectivity index (χ0) is 17.2. The highest BCUT2D eigenvalue weighted by molar-refractivity contribution is 7.89. The van der Waals surface area contributed by atoms with Gasteiger partial charge in [-0.05, 0) is 68.1 Å². The number of rotatable bonds is 3. The number of benzene rings is 1. The van der Waals surface area contributed by atoms with Gasteiger partial charge in [0, 0.05) is 31.9 Å². The van der Waals surface area contributed by atoms with Crippen molar-refractivity contribution in [1.29, 1.82) is 0 Å². The Kier molecular flexibility index (Phi) is 5.42. The molecule has 1 N–H and O–H groups in total. The van der Waals surface area contributed by atoms with Gasteiger partial charge in [-0.15, -0.1) is 0 Å². The van der Waals surface area contributed by atoms with Crippen molar-refractivity contribution in [2.24, 2.45) is 5.92 Å². The smallest absolute Gasteiger partial charge is 0.243 e. The van der Waals surface area contributed by atoms with E-state index < -0.39 is 10.0 Å². The van der Waals surface area contributed by atoms with E-state index in [9.17, 15) is 8.42 Å². The van der Waals surface area contributed by atoms with E-state index in [4.69, 9.17) is 12.2 Å². The molecule has 2 heterocycles. The monoisotopic (exact) mass is 367 g/mol. The summed E-state index contributed by atoms with van der Waals surface area (Å²) in [4.78, 5) is 2.55. The third kappa shape index (κ3) is 3.90. The van der Waals surface area contributed by atoms with Gasteiger partial charge in [0.25, 0.3) is 0 Å². The molecule has 0 saturated carbocycles. The van der Waals surface area contributed by atoms with E-state index in [-0.39, 0.29) is 0 Å². The van der Waals surface area contributed by atoms with Crippen LogP contribution in [0.1, 0.15) is 32.6 Å². The predicted molar refractivity (Wildman–Crippen MR) is 101 cm³/mol. The highest BCUT2D eigenvalue weighted by Gasteiger charge is 2.27. The fourth-order valence-electron chi connectivity index (χ4n) is 3.36. The minimum atomic E-state index is -3.35. The van der Waals surface area contributed by atoms with Crippen LogP contribution in [0.5, 0.6) is 0 Å². The lowest BCUT2D eigenvalue weighted by atomic mass is 10.0. The second-order valence-electron chi connectivity index (χ2n) is 6.76. The molecule has 0 spiro atoms. The second kappa shape index (κ2) is 7.37. The number of likely N-dealkylation sites (tertiary alicyclic amines) is 1. The summed E-state index contributed by atoms with van der Waals surface area (Å²) < 4.78 is 26.6. The van der Waals surface area contributed by atoms with E-state index in [1.807, 2.05) is 0 Å². The Labute approximate surface area is 150 Å². The van der Waals surface area contributed by atoms with E-state index in [0.717, 1.165) is 43.2 Å². The quantitative estimate of drug-likeness (QED) is 0.833. The Bertz CT molecular complexity index is 682. The zero-order valence-electron chi connectivity index (χ0n) is 14.1. The van der Waals surface area contributed by atoms with Crippen molar-refractivity contribution >= 4 is 33.0 Å². The first kappa shape index (κ1) is 17.6. The fraction of sp³-hybridized carbons (Fsp3) is 0.588. The summed E-state index contributed by atoms with van der Waals surface area (Å²) in [6.07, 6.45) is 4.31. The highest BCUT2D eigenvalue weighted by atomic mass is 32.2. The van der Waals surface area contributed by atoms with E-state index in [1.165, 1.54) is 6.42 Å². The van der Waals surface area contributed by atoms with Gasteiger partial charge in [-0.25, -0.2) is 8.42 Å². The summed E-state index contributed by atoms with van der Waals surface area (Å²) in [5.74, 6) is 0.659. The van der Waals surface area contributed by atoms with Crippen LogP contribution >= 0.6 is 12.2 Å². The Morgan fingerprint density at radius 3 is 2.42 bits per heavy atom. The van der Waals surface area contributed by atoms with Crippen LogP contribution in [0.3, 0.4) is 0 Å². The lowest BCUT2D eigenvalue weighted by Crippen LogP contribution is -2.41. The molecule has 0 bridgehead atoms. The molecule has 0 amide bonds. The van der Waals surface area contributed by atoms with Crippen molar-refractivity contribution in [2.75, 3.05) is 31.5 Å². The molecular formula is C17H25N3O2S2. The fourth-order valence-corrected chi connectivity index (χ4v) is 5.16. The van der Waals surface area contributed by atoms with Gasteiger partial charge in [-0.2, -0.15) is 4.31 Å². The summed E-state index contributed by atoms with van der Waals surface area (Å²) in [6, 6.07) is 6.92. The van der Waals surface area contributed by atoms with Crippen molar-refractivity contribution in [3.05, 3.63) is 24.3 Å². The van der Waals surface area contributed by atoms with E-state index in [2.05, 4.69) is 17.1 Å². The minimum Gasteiger partial charge on any atom is -0.349 e. The maximum Gasteiger partial charge on any atom is 0.243 e. The van der Waals surface area contributed by atoms with Gasteiger partial charge in [0.2, 0.25) is 10.0 Å². The lowest BCUT2D eigenvalue weighted by molar-refractivity contribution is 0.276. The number of hydrogen-bond donors (Lipinski definition) is 1. The van der Waals surface area contributed by atoms with Crippen LogP contribution < -0.4 is 5.32 Å². The van der Waals surface area contributed by atoms with Crippen LogP contribution in [0.15, 0.2) is 29.2 Å². The molecule has 2 saturated heterocycles. The Balaban J connectivity index is 1.65. The lowest BCUT2D eigenvalue weighted by Gasteiger charge is -2.33. The van der Waals surface area contributed by atoms with Crippen molar-refractivity contribution in [3.63, 3.8) is 0 Å². The van der Waals surface area contributed by atoms with E-state index >= 15 is 0 Å². The van der Waals surface area contributed by atoms with Crippen molar-refractivity contribution in [1.82, 2.24) is 9.21 Å². The third-order valence-electron chi connectivity index (χ3n) is 4.75. The number of nitrogens with zero attached hydrogens (tertiary/aromatic N) is 2. The number of hydrogen-bond acceptors (Lipinski definition) is 3. The summed E-state index contributed by atoms with van der Waals surface area (Å²) in [5, 5.41) is 3.95. The average Bonchev–Trinajstić information content (AvgIpc) is 3.10. The zero-order valence-corrected chi connectivity index (χ0v) is 15.7. The maximum atomic E-state index is 12.5. The molecule has 0 unspecified atom stereocenters. The van der Waals surface area contributed by atoms with Crippen LogP contribution in [0.2, 0.25) is 0 Å². The maximum absolute atomic E-state index is 12.5. The largest absolute Gasteiger partial charge is 0.349 e. The number of thiocarbonyl (C=S) groups is 1. The highest BCUT2D eigenvalue weighted by Crippen LogP contribution is 2.23. The van der Waals surface area contributed by atoms with Gasteiger partial charge in [0.1, 0.15) is 0 Å². The number of piperidine rings is 1. The molecule has 1 aromatic carbocycles. The van der Waals surface area contributed by atoms with E-state index in [0.29, 0.717) is 23.9 Å². The molecule has 7 heteroatoms. The Hall–Kier alpha value is -1.18. The molecule has 0 aromatic heterocycles. The van der Waals surface area contributed by atoms with Crippen LogP contribution in [0.4, 0.5) is 5.69 Å². The van der Waals surface area contributed by atoms with Gasteiger partial charge in [-0.1, -0.05) is 6.92 Å². The molecule has 1 atom stereocenters. The molecular weight excluding hydrogens is 342 g/mol. The van der Waals surface area contributed by atoms with Crippen molar-refractivity contribution < 1.29 is 8.42 Å². The summed E-state index contributed by atoms with van der Waals surface area (Å²) >= 11 is 5.49. The molecule has 0 aliphatic carbocycles. The number of nitrogens with one attached hydrogen (secondary N) is 1. The third-order valence-corrected chi connectivity index (χ3v) is 7.03. The van der Waals surface area contributed by atoms with Gasteiger partial charge >= 0.3 is 0 Å². The van der Waals surface area contributed by atoms with Crippen molar-refractivity contribution in [2.45, 2.75) is 37.5 Å². The summed E-state index contributed by atoms with van der Waals surface area (Å²) in [6.45, 7) is 5.46. The molecule has 2 fully saturated rings. The topological polar surface area (TPSA) is 52.7 Å². The normalized spacial score (nSPS) is 22.5. The van der Waals surface area contributed by atoms with Crippen LogP contribution in [0, 0.1) is 5.92 Å². The van der Waals surface area contributed by atoms with Gasteiger partial charge in [0.05, 0.1) is 4.90 Å². The van der Waals surface area contributed by atoms with Crippen LogP contribution in [0.25, 0.3) is 0 Å². The Morgan fingerprint density at radius 2 is 1.79 bits per heavy atom. The summed E-state index contributed by atoms with van der Waals surface area (Å²) in [7, 11) is -3.35. The summed E-state index contributed by atoms with van der Waals surface area (Å²) in [5.41, 5.74) is 0.832. The van der Waals surface area contributed by atoms with Gasteiger partial charge in [0.15, 0.2) is 5.11 Å². The molecule has 24 heavy (non-hydrogen) atoms. The first-order valence-electron chi connectivity index (χ1n) is 8.63. The first-order valence-corrected chi connectivity index (χ1v) is 10.5. The molecule has 5 nitrogen and oxygen atoms in total. The SMILES string of the molecule is C[C@H]1CCCN(C(=S)Nc2ccc(S(=O)(=O)N3CCCC3)cc2)C1. The van der Waals surface area contributed by atoms with Gasteiger partial charge < -0.3 is 10.2 Å². The molecule has 132 valence electrons.